The Balaban J connectivity index is 1.78. The Kier molecular flexibility index (Phi) is 6.12. The molecule has 2 fully saturated rings. The molecule has 6 atom stereocenters. The van der Waals surface area contributed by atoms with Crippen LogP contribution < -0.4 is 17.2 Å². The Bertz CT molecular complexity index is 1600. The van der Waals surface area contributed by atoms with E-state index >= 15 is 0 Å². The molecule has 7 N–H and O–H groups in total. The van der Waals surface area contributed by atoms with Gasteiger partial charge in [0.1, 0.15) is 11.7 Å². The molecule has 5 rings (SSSR count). The van der Waals surface area contributed by atoms with E-state index in [9.17, 15) is 34.3 Å². The van der Waals surface area contributed by atoms with E-state index in [0.29, 0.717) is 21.2 Å². The molecule has 206 valence electrons. The molecule has 0 aliphatic heterocycles. The number of hydrogen-bond acceptors (Lipinski definition) is 11. The maximum Gasteiger partial charge on any atom is 0.235 e. The predicted molar refractivity (Wildman–Crippen MR) is 142 cm³/mol. The minimum Gasteiger partial charge on any atom is -0.507 e. The van der Waals surface area contributed by atoms with Crippen LogP contribution in [0.5, 0.6) is 5.75 Å². The molecule has 0 spiro atoms. The normalized spacial score (nSPS) is 33.2. The monoisotopic (exact) mass is 608 g/mol. The second-order valence-electron chi connectivity index (χ2n) is 11.0. The van der Waals surface area contributed by atoms with Crippen LogP contribution in [0.15, 0.2) is 35.1 Å². The van der Waals surface area contributed by atoms with E-state index in [2.05, 4.69) is 20.9 Å². The molecular weight excluding hydrogens is 584 g/mol. The number of nitrogens with zero attached hydrogens (tertiary/aromatic N) is 3. The summed E-state index contributed by atoms with van der Waals surface area (Å²) < 4.78 is 0.652. The molecule has 2 unspecified atom stereocenters. The molecule has 0 radical (unpaired) electrons. The first-order valence-electron chi connectivity index (χ1n) is 12.2. The van der Waals surface area contributed by atoms with Gasteiger partial charge in [0.15, 0.2) is 34.5 Å². The minimum atomic E-state index is -2.78. The van der Waals surface area contributed by atoms with Crippen molar-refractivity contribution in [2.24, 2.45) is 34.5 Å². The maximum absolute atomic E-state index is 14.3. The number of aromatic hydroxyl groups is 1. The molecule has 40 heavy (non-hydrogen) atoms. The van der Waals surface area contributed by atoms with Crippen molar-refractivity contribution in [3.8, 4) is 22.9 Å². The number of carbonyl (C=O) groups is 5. The fourth-order valence-electron chi connectivity index (χ4n) is 7.04. The smallest absolute Gasteiger partial charge is 0.235 e. The van der Waals surface area contributed by atoms with Gasteiger partial charge in [-0.25, -0.2) is 0 Å². The Morgan fingerprint density at radius 1 is 1.18 bits per heavy atom. The van der Waals surface area contributed by atoms with E-state index in [0.717, 1.165) is 0 Å². The number of pyridine rings is 1. The molecule has 1 heterocycles. The van der Waals surface area contributed by atoms with E-state index in [1.165, 1.54) is 25.1 Å². The van der Waals surface area contributed by atoms with Gasteiger partial charge in [-0.05, 0) is 66.1 Å². The number of nitriles is 1. The summed E-state index contributed by atoms with van der Waals surface area (Å²) in [5, 5.41) is 21.2. The molecule has 12 nitrogen and oxygen atoms in total. The number of Topliss-reactive ketones (excluding diaryl/α,β-unsaturated/α-hetero) is 4. The van der Waals surface area contributed by atoms with Crippen LogP contribution in [-0.4, -0.2) is 75.2 Å². The third-order valence-corrected chi connectivity index (χ3v) is 8.92. The zero-order valence-electron chi connectivity index (χ0n) is 21.5. The summed E-state index contributed by atoms with van der Waals surface area (Å²) in [6, 6.07) is 4.86. The number of fused-ring (bicyclic) bond motifs is 3. The van der Waals surface area contributed by atoms with Crippen LogP contribution in [-0.2, 0) is 25.6 Å². The van der Waals surface area contributed by atoms with Gasteiger partial charge in [0.25, 0.3) is 0 Å². The quantitative estimate of drug-likeness (QED) is 0.329. The number of hydrogen-bond donors (Lipinski definition) is 4. The molecule has 0 saturated heterocycles. The predicted octanol–water partition coefficient (Wildman–Crippen LogP) is -0.367. The highest BCUT2D eigenvalue weighted by Crippen LogP contribution is 2.56. The van der Waals surface area contributed by atoms with Crippen LogP contribution in [0.3, 0.4) is 0 Å². The zero-order valence-corrected chi connectivity index (χ0v) is 23.1. The summed E-state index contributed by atoms with van der Waals surface area (Å²) in [6.45, 7) is 0. The highest BCUT2D eigenvalue weighted by molar-refractivity contribution is 9.10. The Morgan fingerprint density at radius 2 is 1.85 bits per heavy atom. The lowest BCUT2D eigenvalue weighted by molar-refractivity contribution is -0.166. The van der Waals surface area contributed by atoms with E-state index in [1.54, 1.807) is 30.6 Å². The molecule has 1 aromatic heterocycles. The molecule has 2 aromatic rings. The number of rotatable bonds is 3. The molecule has 0 bridgehead atoms. The van der Waals surface area contributed by atoms with Gasteiger partial charge >= 0.3 is 0 Å². The Labute approximate surface area is 236 Å². The van der Waals surface area contributed by atoms with Gasteiger partial charge < -0.3 is 22.3 Å². The van der Waals surface area contributed by atoms with E-state index in [-0.39, 0.29) is 12.0 Å². The molecule has 3 aliphatic carbocycles. The van der Waals surface area contributed by atoms with E-state index < -0.39 is 75.6 Å². The largest absolute Gasteiger partial charge is 0.507 e. The topological polar surface area (TPSA) is 224 Å². The number of likely N-dealkylation sites (N-methyl/N-ethyl adjacent to an activating group) is 1. The number of carbonyl (C=O) groups excluding carboxylic acids is 5. The van der Waals surface area contributed by atoms with Gasteiger partial charge in [-0.3, -0.25) is 33.9 Å². The van der Waals surface area contributed by atoms with Crippen LogP contribution in [0.25, 0.3) is 11.1 Å². The summed E-state index contributed by atoms with van der Waals surface area (Å²) in [5.41, 5.74) is 13.6. The number of aromatic nitrogens is 1. The third-order valence-electron chi connectivity index (χ3n) is 8.49. The van der Waals surface area contributed by atoms with Gasteiger partial charge in [0.05, 0.1) is 23.2 Å². The molecule has 3 aliphatic rings. The molecule has 2 saturated carbocycles. The average molecular weight is 609 g/mol. The minimum absolute atomic E-state index is 0.164. The third kappa shape index (κ3) is 3.34. The van der Waals surface area contributed by atoms with Crippen molar-refractivity contribution in [2.75, 3.05) is 14.1 Å². The number of phenols is 1. The first kappa shape index (κ1) is 27.7. The lowest BCUT2D eigenvalue weighted by atomic mass is 9.42. The first-order valence-corrected chi connectivity index (χ1v) is 13.0. The number of phenolic OH excluding ortho intramolecular Hbond substituents is 1. The summed E-state index contributed by atoms with van der Waals surface area (Å²) in [4.78, 5) is 73.4. The number of ketones is 4. The first-order chi connectivity index (χ1) is 18.7. The molecular formula is C27H25BrN6O6. The molecule has 1 aromatic carbocycles. The Morgan fingerprint density at radius 3 is 2.42 bits per heavy atom. The molecule has 13 heteroatoms. The van der Waals surface area contributed by atoms with Crippen molar-refractivity contribution in [1.29, 1.82) is 5.26 Å². The fraction of sp³-hybridized carbons (Fsp3) is 0.370. The number of halogens is 1. The highest BCUT2D eigenvalue weighted by atomic mass is 79.9. The summed E-state index contributed by atoms with van der Waals surface area (Å²) in [6.07, 6.45) is 2.48. The van der Waals surface area contributed by atoms with Gasteiger partial charge in [-0.1, -0.05) is 6.07 Å². The van der Waals surface area contributed by atoms with Gasteiger partial charge in [0, 0.05) is 28.0 Å². The fourth-order valence-corrected chi connectivity index (χ4v) is 7.40. The lowest BCUT2D eigenvalue weighted by Gasteiger charge is -2.60. The van der Waals surface area contributed by atoms with Crippen LogP contribution in [0.1, 0.15) is 22.3 Å². The second-order valence-corrected chi connectivity index (χ2v) is 11.9. The molecule has 1 amide bonds. The van der Waals surface area contributed by atoms with Gasteiger partial charge in [0.2, 0.25) is 5.91 Å². The van der Waals surface area contributed by atoms with Crippen LogP contribution in [0.4, 0.5) is 0 Å². The average Bonchev–Trinajstić information content (AvgIpc) is 2.83. The highest BCUT2D eigenvalue weighted by Gasteiger charge is 2.78. The van der Waals surface area contributed by atoms with Crippen LogP contribution in [0.2, 0.25) is 0 Å². The summed E-state index contributed by atoms with van der Waals surface area (Å²) >= 11 is 3.36. The van der Waals surface area contributed by atoms with Crippen molar-refractivity contribution in [3.05, 3.63) is 46.2 Å². The number of amides is 1. The lowest BCUT2D eigenvalue weighted by Crippen LogP contribution is -2.85. The number of benzene rings is 1. The van der Waals surface area contributed by atoms with E-state index in [4.69, 9.17) is 17.2 Å². The summed E-state index contributed by atoms with van der Waals surface area (Å²) in [5.74, 6) is -10.1. The van der Waals surface area contributed by atoms with Crippen molar-refractivity contribution in [3.63, 3.8) is 0 Å². The Hall–Kier alpha value is -3.83. The number of nitrogens with two attached hydrogens (primary N) is 3. The second kappa shape index (κ2) is 8.84. The van der Waals surface area contributed by atoms with Crippen molar-refractivity contribution >= 4 is 45.0 Å². The summed E-state index contributed by atoms with van der Waals surface area (Å²) in [7, 11) is 2.90. The van der Waals surface area contributed by atoms with Gasteiger partial charge in [-0.2, -0.15) is 5.26 Å². The van der Waals surface area contributed by atoms with Crippen molar-refractivity contribution < 1.29 is 29.1 Å². The van der Waals surface area contributed by atoms with Gasteiger partial charge in [-0.15, -0.1) is 0 Å². The van der Waals surface area contributed by atoms with Crippen LogP contribution >= 0.6 is 15.9 Å². The van der Waals surface area contributed by atoms with E-state index in [1.807, 2.05) is 0 Å². The maximum atomic E-state index is 14.3. The standard InChI is InChI=1S/C27H25BrN6O6/c1-34(2)21-20(37)17(24(30)40)22(38)26(10-29)23(39)18-19(36)16-14(6-25(18,31)9-27(21,26)32)13(3-4-15(16)35)11-5-12(28)8-33-7-11/h3-5,7-8,17-18,21,35H,6,9,31-32H2,1-2H3,(H2,30,40)/t17?,18?,21-,25-,26+,27-/m1/s1. The zero-order chi connectivity index (χ0) is 29.5. The number of primary amides is 1. The SMILES string of the molecule is CN(C)[C@@H]1C(=O)C(C(N)=O)C(=O)[C@@]2(C#N)C(=O)C3C(=O)c4c(O)ccc(-c5cncc(Br)c5)c4C[C@@]3(N)C[C@@]12N. The van der Waals surface area contributed by atoms with Crippen molar-refractivity contribution in [1.82, 2.24) is 9.88 Å². The van der Waals surface area contributed by atoms with Crippen molar-refractivity contribution in [2.45, 2.75) is 30.0 Å². The van der Waals surface area contributed by atoms with Crippen LogP contribution in [0, 0.1) is 28.6 Å².